The fourth-order valence-electron chi connectivity index (χ4n) is 9.18. The van der Waals surface area contributed by atoms with Gasteiger partial charge in [0.1, 0.15) is 0 Å². The number of halogens is 6. The van der Waals surface area contributed by atoms with Crippen LogP contribution in [0, 0.1) is 52.8 Å². The normalized spacial score (nSPS) is 33.7. The molecule has 8 atom stereocenters. The molecule has 0 radical (unpaired) electrons. The third kappa shape index (κ3) is 6.16. The number of rotatable bonds is 8. The summed E-state index contributed by atoms with van der Waals surface area (Å²) in [5.41, 5.74) is -6.49. The Balaban J connectivity index is 1.51. The van der Waals surface area contributed by atoms with Crippen molar-refractivity contribution in [3.05, 3.63) is 0 Å². The van der Waals surface area contributed by atoms with Gasteiger partial charge in [-0.25, -0.2) is 0 Å². The van der Waals surface area contributed by atoms with Gasteiger partial charge in [-0.15, -0.1) is 0 Å². The van der Waals surface area contributed by atoms with E-state index in [2.05, 4.69) is 25.5 Å². The summed E-state index contributed by atoms with van der Waals surface area (Å²) >= 11 is 0. The van der Waals surface area contributed by atoms with E-state index >= 15 is 0 Å². The molecule has 12 heteroatoms. The zero-order valence-corrected chi connectivity index (χ0v) is 28.4. The van der Waals surface area contributed by atoms with Gasteiger partial charge in [0.25, 0.3) is 0 Å². The van der Waals surface area contributed by atoms with Gasteiger partial charge in [0.05, 0.1) is 5.41 Å². The van der Waals surface area contributed by atoms with Gasteiger partial charge in [-0.2, -0.15) is 0 Å². The predicted octanol–water partition coefficient (Wildman–Crippen LogP) is 8.32. The molecule has 0 amide bonds. The molecule has 43 heavy (non-hydrogen) atoms. The maximum absolute atomic E-state index is 14.4. The van der Waals surface area contributed by atoms with Crippen molar-refractivity contribution in [2.75, 3.05) is 13.7 Å². The first-order chi connectivity index (χ1) is 19.3. The monoisotopic (exact) mass is 645 g/mol. The molecule has 0 spiro atoms. The minimum absolute atomic E-state index is 0.0654. The number of carbonyl (C=O) groups excluding carboxylic acids is 1. The molecular formula is C31H51F6O5Si-. The first-order valence-electron chi connectivity index (χ1n) is 15.7. The number of fused-ring (bicyclic) bond motifs is 9. The van der Waals surface area contributed by atoms with E-state index < -0.39 is 56.1 Å². The topological polar surface area (TPSA) is 54.0 Å². The third-order valence-corrected chi connectivity index (χ3v) is 15.2. The van der Waals surface area contributed by atoms with Crippen LogP contribution in [0.2, 0.25) is 5.04 Å². The summed E-state index contributed by atoms with van der Waals surface area (Å²) in [6.07, 6.45) is -10.2. The second kappa shape index (κ2) is 10.9. The second-order valence-electron chi connectivity index (χ2n) is 16.9. The molecular weight excluding hydrogens is 594 g/mol. The van der Waals surface area contributed by atoms with E-state index in [9.17, 15) is 31.1 Å². The Morgan fingerprint density at radius 1 is 0.744 bits per heavy atom. The molecule has 4 saturated carbocycles. The summed E-state index contributed by atoms with van der Waals surface area (Å²) in [5.74, 6) is -1.30. The van der Waals surface area contributed by atoms with Crippen LogP contribution < -0.4 is 0 Å². The van der Waals surface area contributed by atoms with Crippen LogP contribution in [-0.2, 0) is 22.8 Å². The predicted molar refractivity (Wildman–Crippen MR) is 152 cm³/mol. The van der Waals surface area contributed by atoms with Gasteiger partial charge in [0, 0.05) is 0 Å². The van der Waals surface area contributed by atoms with E-state index in [1.54, 1.807) is 7.11 Å². The summed E-state index contributed by atoms with van der Waals surface area (Å²) in [6, 6.07) is 0. The van der Waals surface area contributed by atoms with Gasteiger partial charge in [0.2, 0.25) is 0 Å². The molecule has 0 heterocycles. The van der Waals surface area contributed by atoms with Crippen molar-refractivity contribution >= 4 is 14.8 Å². The Kier molecular flexibility index (Phi) is 8.84. The van der Waals surface area contributed by atoms with E-state index in [0.29, 0.717) is 18.9 Å². The second-order valence-corrected chi connectivity index (χ2v) is 21.0. The fraction of sp³-hybridized carbons (Fsp3) is 0.968. The Morgan fingerprint density at radius 3 is 1.60 bits per heavy atom. The fourth-order valence-corrected chi connectivity index (χ4v) is 12.5. The maximum atomic E-state index is 14.4. The molecule has 4 aliphatic rings. The van der Waals surface area contributed by atoms with Crippen LogP contribution in [-0.4, -0.2) is 52.0 Å². The number of carbonyl (C=O) groups is 1. The molecule has 4 aliphatic carbocycles. The van der Waals surface area contributed by atoms with Crippen LogP contribution in [0.3, 0.4) is 0 Å². The van der Waals surface area contributed by atoms with Gasteiger partial charge < -0.3 is 0 Å². The quantitative estimate of drug-likeness (QED) is 0.115. The minimum atomic E-state index is -5.79. The van der Waals surface area contributed by atoms with Crippen molar-refractivity contribution in [3.8, 4) is 0 Å². The number of hydrogen-bond donors (Lipinski definition) is 0. The molecule has 0 aliphatic heterocycles. The first-order valence-corrected chi connectivity index (χ1v) is 17.7. The van der Waals surface area contributed by atoms with Gasteiger partial charge in [0.15, 0.2) is 0 Å². The first kappa shape index (κ1) is 35.0. The molecule has 0 saturated heterocycles. The Morgan fingerprint density at radius 2 is 1.21 bits per heavy atom. The Hall–Kier alpha value is -0.853. The van der Waals surface area contributed by atoms with E-state index in [1.807, 2.05) is 20.8 Å². The number of alkyl halides is 6. The van der Waals surface area contributed by atoms with Gasteiger partial charge in [-0.3, -0.25) is 4.79 Å². The van der Waals surface area contributed by atoms with Crippen molar-refractivity contribution in [2.24, 2.45) is 52.8 Å². The van der Waals surface area contributed by atoms with Crippen molar-refractivity contribution in [1.82, 2.24) is 0 Å². The van der Waals surface area contributed by atoms with E-state index in [0.717, 1.165) is 12.8 Å². The molecule has 4 rings (SSSR count). The molecule has 252 valence electrons. The molecule has 0 N–H and O–H groups in total. The van der Waals surface area contributed by atoms with Crippen molar-refractivity contribution in [2.45, 2.75) is 123 Å². The summed E-state index contributed by atoms with van der Waals surface area (Å²) in [5, 5.41) is -0.339. The van der Waals surface area contributed by atoms with Crippen LogP contribution in [0.5, 0.6) is 0 Å². The van der Waals surface area contributed by atoms with E-state index in [-0.39, 0.29) is 47.0 Å². The van der Waals surface area contributed by atoms with Crippen molar-refractivity contribution in [1.29, 1.82) is 0 Å². The van der Waals surface area contributed by atoms with Crippen LogP contribution in [0.1, 0.15) is 94.4 Å². The average Bonchev–Trinajstić information content (AvgIpc) is 3.56. The summed E-state index contributed by atoms with van der Waals surface area (Å²) < 4.78 is 110. The molecule has 8 unspecified atom stereocenters. The number of esters is 1. The Labute approximate surface area is 253 Å². The Bertz CT molecular complexity index is 1030. The molecule has 0 aromatic rings. The molecule has 0 aromatic heterocycles. The summed E-state index contributed by atoms with van der Waals surface area (Å²) in [6.45, 7) is 16.3. The van der Waals surface area contributed by atoms with Gasteiger partial charge in [-0.05, 0) is 20.8 Å². The third-order valence-electron chi connectivity index (χ3n) is 10.8. The zero-order chi connectivity index (χ0) is 32.8. The molecule has 4 bridgehead atoms. The molecule has 0 aromatic carbocycles. The number of ether oxygens (including phenoxy) is 1. The van der Waals surface area contributed by atoms with Crippen LogP contribution in [0.25, 0.3) is 0 Å². The van der Waals surface area contributed by atoms with E-state index in [1.165, 1.54) is 20.8 Å². The summed E-state index contributed by atoms with van der Waals surface area (Å²) in [4.78, 5) is 12.5. The zero-order valence-electron chi connectivity index (χ0n) is 27.2. The molecule has 4 fully saturated rings. The van der Waals surface area contributed by atoms with Crippen LogP contribution in [0.15, 0.2) is 0 Å². The van der Waals surface area contributed by atoms with Gasteiger partial charge in [-0.1, -0.05) is 0 Å². The summed E-state index contributed by atoms with van der Waals surface area (Å²) in [7, 11) is -1.84. The van der Waals surface area contributed by atoms with Crippen LogP contribution >= 0.6 is 0 Å². The van der Waals surface area contributed by atoms with E-state index in [4.69, 9.17) is 13.3 Å². The van der Waals surface area contributed by atoms with Crippen molar-refractivity contribution in [3.63, 3.8) is 0 Å². The average molecular weight is 646 g/mol. The molecule has 5 nitrogen and oxygen atoms in total. The van der Waals surface area contributed by atoms with Crippen molar-refractivity contribution < 1.29 is 49.2 Å². The number of hydrogen-bond acceptors (Lipinski definition) is 5. The van der Waals surface area contributed by atoms with Crippen LogP contribution in [0.4, 0.5) is 26.3 Å². The standard InChI is InChI=1S/C31H51F6O5Si/c1-26(2,3)25(38)41-29(30(32,33)34,31(35,36)37)15-19-11-17-13-21(19)23-18-12-20(22(14-18)24(17)23)16-40-43(39-10,28(7,8)9)42-27(4,5)6/h17-24,43H,11-16H2,1-10H3/q-1. The van der Waals surface area contributed by atoms with Gasteiger partial charge >= 0.3 is 222 Å². The SMILES string of the molecule is CO[SiH-](OCC1CC2CC1C1C3CC(CC(OC(=O)C(C)(C)C)(C(F)(F)F)C(F)(F)F)C(C3)C21)(OC(C)(C)C)C(C)(C)C.